The van der Waals surface area contributed by atoms with Gasteiger partial charge in [-0.3, -0.25) is 9.78 Å². The van der Waals surface area contributed by atoms with Crippen molar-refractivity contribution in [3.63, 3.8) is 0 Å². The van der Waals surface area contributed by atoms with Crippen LogP contribution >= 0.6 is 0 Å². The van der Waals surface area contributed by atoms with Crippen molar-refractivity contribution in [2.45, 2.75) is 24.4 Å². The fraction of sp³-hybridized carbons (Fsp3) is 0.167. The number of guanidine groups is 1. The maximum Gasteiger partial charge on any atom is 0.274 e. The van der Waals surface area contributed by atoms with Gasteiger partial charge in [0.1, 0.15) is 29.5 Å². The second-order valence-electron chi connectivity index (χ2n) is 7.96. The van der Waals surface area contributed by atoms with Crippen LogP contribution in [0.3, 0.4) is 0 Å². The molecule has 1 spiro atoms. The van der Waals surface area contributed by atoms with Crippen molar-refractivity contribution in [1.29, 1.82) is 0 Å². The number of benzene rings is 1. The number of aliphatic imine (C=N–C) groups is 2. The number of halogens is 2. The van der Waals surface area contributed by atoms with Crippen LogP contribution in [-0.4, -0.2) is 43.0 Å². The quantitative estimate of drug-likeness (QED) is 0.573. The second kappa shape index (κ2) is 7.10. The lowest BCUT2D eigenvalue weighted by Gasteiger charge is -2.28. The van der Waals surface area contributed by atoms with Crippen LogP contribution in [0.1, 0.15) is 41.3 Å². The molecule has 4 heterocycles. The predicted molar refractivity (Wildman–Crippen MR) is 114 cm³/mol. The summed E-state index contributed by atoms with van der Waals surface area (Å²) in [6.07, 6.45) is 7.29. The van der Waals surface area contributed by atoms with Gasteiger partial charge in [0, 0.05) is 29.7 Å². The highest BCUT2D eigenvalue weighted by Crippen LogP contribution is 2.53. The molecule has 3 aliphatic rings. The molecule has 0 saturated heterocycles. The van der Waals surface area contributed by atoms with E-state index in [1.165, 1.54) is 24.7 Å². The third kappa shape index (κ3) is 3.03. The number of pyridine rings is 1. The van der Waals surface area contributed by atoms with Gasteiger partial charge >= 0.3 is 0 Å². The van der Waals surface area contributed by atoms with Crippen LogP contribution in [0, 0.1) is 23.5 Å². The zero-order valence-corrected chi connectivity index (χ0v) is 17.0. The van der Waals surface area contributed by atoms with Crippen LogP contribution in [0.5, 0.6) is 0 Å². The van der Waals surface area contributed by atoms with E-state index in [2.05, 4.69) is 36.8 Å². The molecule has 1 saturated carbocycles. The predicted octanol–water partition coefficient (Wildman–Crippen LogP) is 2.82. The van der Waals surface area contributed by atoms with Crippen molar-refractivity contribution >= 4 is 17.6 Å². The first-order valence-electron chi connectivity index (χ1n) is 10.3. The van der Waals surface area contributed by atoms with Gasteiger partial charge in [0.15, 0.2) is 0 Å². The van der Waals surface area contributed by atoms with Gasteiger partial charge < -0.3 is 4.90 Å². The smallest absolute Gasteiger partial charge is 0.274 e. The Morgan fingerprint density at radius 2 is 1.79 bits per heavy atom. The summed E-state index contributed by atoms with van der Waals surface area (Å²) in [5.74, 6) is 3.88. The molecule has 1 aliphatic carbocycles. The molecular formula is C24H14F2N6O. The molecule has 7 nitrogen and oxygen atoms in total. The van der Waals surface area contributed by atoms with Gasteiger partial charge in [-0.15, -0.1) is 0 Å². The Balaban J connectivity index is 1.44. The van der Waals surface area contributed by atoms with E-state index in [1.54, 1.807) is 35.5 Å². The third-order valence-corrected chi connectivity index (χ3v) is 5.93. The summed E-state index contributed by atoms with van der Waals surface area (Å²) in [6.45, 7) is 0. The van der Waals surface area contributed by atoms with Crippen molar-refractivity contribution < 1.29 is 13.6 Å². The number of hydrogen-bond acceptors (Lipinski definition) is 6. The van der Waals surface area contributed by atoms with Crippen LogP contribution in [0.2, 0.25) is 0 Å². The number of rotatable bonds is 2. The molecule has 33 heavy (non-hydrogen) atoms. The highest BCUT2D eigenvalue weighted by Gasteiger charge is 2.64. The number of carbonyl (C=O) groups excluding carboxylic acids is 1. The van der Waals surface area contributed by atoms with Crippen molar-refractivity contribution in [1.82, 2.24) is 19.9 Å². The highest BCUT2D eigenvalue weighted by atomic mass is 19.1. The molecule has 9 heteroatoms. The molecule has 2 aromatic heterocycles. The number of hydrogen-bond donors (Lipinski definition) is 0. The van der Waals surface area contributed by atoms with Gasteiger partial charge in [-0.1, -0.05) is 11.8 Å². The first-order chi connectivity index (χ1) is 16.1. The van der Waals surface area contributed by atoms with E-state index in [9.17, 15) is 4.79 Å². The fourth-order valence-electron chi connectivity index (χ4n) is 4.25. The number of carbonyl (C=O) groups is 1. The largest absolute Gasteiger partial charge is 0.312 e. The lowest BCUT2D eigenvalue weighted by molar-refractivity contribution is -0.121. The Kier molecular flexibility index (Phi) is 4.17. The number of amides is 1. The van der Waals surface area contributed by atoms with Crippen molar-refractivity contribution in [2.75, 3.05) is 0 Å². The maximum atomic E-state index is 15.3. The zero-order valence-electron chi connectivity index (χ0n) is 17.0. The minimum absolute atomic E-state index is 0.119. The molecule has 1 aromatic carbocycles. The van der Waals surface area contributed by atoms with Crippen LogP contribution in [0.25, 0.3) is 0 Å². The Labute approximate surface area is 187 Å². The number of aromatic nitrogens is 3. The molecule has 0 radical (unpaired) electrons. The molecule has 3 aromatic rings. The Morgan fingerprint density at radius 1 is 1.00 bits per heavy atom. The van der Waals surface area contributed by atoms with Crippen molar-refractivity contribution in [3.05, 3.63) is 89.3 Å². The average molecular weight is 440 g/mol. The van der Waals surface area contributed by atoms with Gasteiger partial charge in [0.2, 0.25) is 5.96 Å². The monoisotopic (exact) mass is 440 g/mol. The van der Waals surface area contributed by atoms with E-state index in [0.29, 0.717) is 24.1 Å². The van der Waals surface area contributed by atoms with E-state index in [0.717, 1.165) is 0 Å². The standard InChI is InChI=1S/C24H14F2N6O/c25-16-10-15(4-3-14-2-1-8-27-12-14)11-17(26)19(16)20-21(18-5-9-28-13-29-18)32-23(30-20)31-22(33)24(32)6-7-24/h1-2,5,8-13,21H,6-7H2. The molecule has 1 fully saturated rings. The van der Waals surface area contributed by atoms with Crippen LogP contribution in [0.4, 0.5) is 8.78 Å². The first kappa shape index (κ1) is 19.4. The van der Waals surface area contributed by atoms with Gasteiger partial charge in [-0.2, -0.15) is 4.99 Å². The summed E-state index contributed by atoms with van der Waals surface area (Å²) < 4.78 is 30.6. The van der Waals surface area contributed by atoms with Gasteiger partial charge in [-0.05, 0) is 43.2 Å². The lowest BCUT2D eigenvalue weighted by atomic mass is 9.96. The summed E-state index contributed by atoms with van der Waals surface area (Å²) in [4.78, 5) is 34.8. The summed E-state index contributed by atoms with van der Waals surface area (Å²) in [5.41, 5.74) is 0.317. The maximum absolute atomic E-state index is 15.3. The van der Waals surface area contributed by atoms with Crippen LogP contribution < -0.4 is 0 Å². The zero-order chi connectivity index (χ0) is 22.6. The Hall–Kier alpha value is -4.32. The molecule has 1 atom stereocenters. The van der Waals surface area contributed by atoms with Gasteiger partial charge in [-0.25, -0.2) is 23.7 Å². The van der Waals surface area contributed by atoms with Crippen molar-refractivity contribution in [3.8, 4) is 11.8 Å². The SMILES string of the molecule is O=C1N=C2N=C(c3c(F)cc(C#Cc4cccnc4)cc3F)C(c3ccncn3)N2C12CC2. The van der Waals surface area contributed by atoms with E-state index in [4.69, 9.17) is 0 Å². The van der Waals surface area contributed by atoms with E-state index >= 15 is 8.78 Å². The summed E-state index contributed by atoms with van der Waals surface area (Å²) in [6, 6.07) is 6.72. The first-order valence-corrected chi connectivity index (χ1v) is 10.3. The molecule has 160 valence electrons. The molecule has 6 rings (SSSR count). The minimum atomic E-state index is -0.807. The normalized spacial score (nSPS) is 19.6. The summed E-state index contributed by atoms with van der Waals surface area (Å²) >= 11 is 0. The number of nitrogens with zero attached hydrogens (tertiary/aromatic N) is 6. The summed E-state index contributed by atoms with van der Waals surface area (Å²) in [5, 5.41) is 0. The minimum Gasteiger partial charge on any atom is -0.312 e. The topological polar surface area (TPSA) is 83.7 Å². The number of fused-ring (bicyclic) bond motifs is 2. The summed E-state index contributed by atoms with van der Waals surface area (Å²) in [7, 11) is 0. The molecular weight excluding hydrogens is 426 g/mol. The van der Waals surface area contributed by atoms with Crippen molar-refractivity contribution in [2.24, 2.45) is 9.98 Å². The molecule has 1 unspecified atom stereocenters. The fourth-order valence-corrected chi connectivity index (χ4v) is 4.25. The third-order valence-electron chi connectivity index (χ3n) is 5.93. The molecule has 0 N–H and O–H groups in total. The Morgan fingerprint density at radius 3 is 2.45 bits per heavy atom. The lowest BCUT2D eigenvalue weighted by Crippen LogP contribution is -2.42. The Bertz CT molecular complexity index is 1400. The van der Waals surface area contributed by atoms with Gasteiger partial charge in [0.05, 0.1) is 17.0 Å². The molecule has 2 aliphatic heterocycles. The second-order valence-corrected chi connectivity index (χ2v) is 7.96. The molecule has 1 amide bonds. The molecule has 0 bridgehead atoms. The van der Waals surface area contributed by atoms with E-state index < -0.39 is 23.2 Å². The van der Waals surface area contributed by atoms with Crippen LogP contribution in [0.15, 0.2) is 65.2 Å². The van der Waals surface area contributed by atoms with Crippen LogP contribution in [-0.2, 0) is 4.79 Å². The van der Waals surface area contributed by atoms with E-state index in [-0.39, 0.29) is 28.7 Å². The van der Waals surface area contributed by atoms with Gasteiger partial charge in [0.25, 0.3) is 5.91 Å². The average Bonchev–Trinajstić information content (AvgIpc) is 3.49. The van der Waals surface area contributed by atoms with E-state index in [1.807, 2.05) is 0 Å². The highest BCUT2D eigenvalue weighted by molar-refractivity contribution is 6.21.